The number of aromatic nitrogens is 6. The molecule has 3 heterocycles. The third-order valence-corrected chi connectivity index (χ3v) is 2.63. The largest absolute Gasteiger partial charge is 0.340 e. The number of nitrogens with zero attached hydrogens (tertiary/aromatic N) is 5. The Morgan fingerprint density at radius 2 is 2.24 bits per heavy atom. The molecule has 1 N–H and O–H groups in total. The first-order valence-corrected chi connectivity index (χ1v) is 5.44. The summed E-state index contributed by atoms with van der Waals surface area (Å²) < 4.78 is 3.08. The van der Waals surface area contributed by atoms with Gasteiger partial charge in [-0.25, -0.2) is 14.2 Å². The molecule has 88 valence electrons. The summed E-state index contributed by atoms with van der Waals surface area (Å²) in [4.78, 5) is 19.4. The highest BCUT2D eigenvalue weighted by atomic mass is 16.1. The van der Waals surface area contributed by atoms with Gasteiger partial charge in [-0.1, -0.05) is 13.8 Å². The normalized spacial score (nSPS) is 11.9. The van der Waals surface area contributed by atoms with Gasteiger partial charge in [-0.05, 0) is 5.92 Å². The zero-order chi connectivity index (χ0) is 12.0. The van der Waals surface area contributed by atoms with Gasteiger partial charge in [-0.3, -0.25) is 4.57 Å². The standard InChI is InChI=1S/C10H12N6O/c1-6(2)3-15-8-7(11-4-12-8)9-14-13-5-16(9)10(15)17/h4-6H,3H2,1-2H3,(H,11,12). The lowest BCUT2D eigenvalue weighted by molar-refractivity contribution is 0.511. The van der Waals surface area contributed by atoms with Gasteiger partial charge in [-0.2, -0.15) is 0 Å². The molecule has 0 bridgehead atoms. The SMILES string of the molecule is CC(C)Cn1c(=O)n2cnnc2c2[nH]cnc21. The van der Waals surface area contributed by atoms with Crippen LogP contribution in [-0.2, 0) is 6.54 Å². The van der Waals surface area contributed by atoms with E-state index in [0.29, 0.717) is 23.8 Å². The van der Waals surface area contributed by atoms with Crippen LogP contribution in [0.3, 0.4) is 0 Å². The van der Waals surface area contributed by atoms with Crippen LogP contribution in [0.5, 0.6) is 0 Å². The molecule has 0 fully saturated rings. The molecule has 0 unspecified atom stereocenters. The Balaban J connectivity index is 2.47. The molecular weight excluding hydrogens is 220 g/mol. The van der Waals surface area contributed by atoms with Crippen LogP contribution >= 0.6 is 0 Å². The second-order valence-corrected chi connectivity index (χ2v) is 4.41. The summed E-state index contributed by atoms with van der Waals surface area (Å²) in [7, 11) is 0. The molecule has 0 aliphatic carbocycles. The van der Waals surface area contributed by atoms with Crippen molar-refractivity contribution >= 4 is 16.8 Å². The van der Waals surface area contributed by atoms with Gasteiger partial charge in [0.25, 0.3) is 0 Å². The average molecular weight is 232 g/mol. The van der Waals surface area contributed by atoms with Crippen molar-refractivity contribution in [3.63, 3.8) is 0 Å². The van der Waals surface area contributed by atoms with Crippen LogP contribution < -0.4 is 5.69 Å². The zero-order valence-corrected chi connectivity index (χ0v) is 9.58. The molecule has 0 saturated carbocycles. The monoisotopic (exact) mass is 232 g/mol. The van der Waals surface area contributed by atoms with Crippen molar-refractivity contribution in [2.75, 3.05) is 0 Å². The highest BCUT2D eigenvalue weighted by Gasteiger charge is 2.14. The molecule has 0 saturated heterocycles. The lowest BCUT2D eigenvalue weighted by Gasteiger charge is -2.09. The lowest BCUT2D eigenvalue weighted by Crippen LogP contribution is -2.28. The lowest BCUT2D eigenvalue weighted by atomic mass is 10.2. The number of aromatic amines is 1. The summed E-state index contributed by atoms with van der Waals surface area (Å²) in [6, 6.07) is 0. The molecule has 3 rings (SSSR count). The van der Waals surface area contributed by atoms with Gasteiger partial charge in [0.05, 0.1) is 6.33 Å². The van der Waals surface area contributed by atoms with Crippen LogP contribution in [0.1, 0.15) is 13.8 Å². The molecule has 3 aromatic heterocycles. The maximum Gasteiger partial charge on any atom is 0.336 e. The number of imidazole rings is 1. The van der Waals surface area contributed by atoms with Crippen molar-refractivity contribution in [1.29, 1.82) is 0 Å². The Hall–Kier alpha value is -2.18. The van der Waals surface area contributed by atoms with E-state index >= 15 is 0 Å². The first-order chi connectivity index (χ1) is 8.18. The van der Waals surface area contributed by atoms with Crippen molar-refractivity contribution in [2.45, 2.75) is 20.4 Å². The van der Waals surface area contributed by atoms with Gasteiger partial charge < -0.3 is 4.98 Å². The Kier molecular flexibility index (Phi) is 2.01. The smallest absolute Gasteiger partial charge is 0.336 e. The summed E-state index contributed by atoms with van der Waals surface area (Å²) >= 11 is 0. The number of hydrogen-bond acceptors (Lipinski definition) is 4. The van der Waals surface area contributed by atoms with Gasteiger partial charge in [0.2, 0.25) is 0 Å². The molecule has 17 heavy (non-hydrogen) atoms. The molecule has 7 nitrogen and oxygen atoms in total. The Bertz CT molecular complexity index is 734. The molecule has 0 atom stereocenters. The number of nitrogens with one attached hydrogen (secondary N) is 1. The number of rotatable bonds is 2. The van der Waals surface area contributed by atoms with Crippen LogP contribution in [-0.4, -0.2) is 29.1 Å². The molecule has 3 aromatic rings. The highest BCUT2D eigenvalue weighted by molar-refractivity contribution is 5.84. The van der Waals surface area contributed by atoms with Gasteiger partial charge in [0.1, 0.15) is 11.8 Å². The van der Waals surface area contributed by atoms with Gasteiger partial charge in [0.15, 0.2) is 11.3 Å². The minimum absolute atomic E-state index is 0.154. The predicted octanol–water partition coefficient (Wildman–Crippen LogP) is 0.423. The topological polar surface area (TPSA) is 80.9 Å². The molecule has 0 aliphatic rings. The molecule has 0 aromatic carbocycles. The molecule has 0 spiro atoms. The van der Waals surface area contributed by atoms with Crippen LogP contribution in [0.25, 0.3) is 16.8 Å². The van der Waals surface area contributed by atoms with Crippen molar-refractivity contribution in [2.24, 2.45) is 5.92 Å². The summed E-state index contributed by atoms with van der Waals surface area (Å²) in [5.41, 5.74) is 1.73. The van der Waals surface area contributed by atoms with Crippen LogP contribution in [0, 0.1) is 5.92 Å². The van der Waals surface area contributed by atoms with E-state index in [9.17, 15) is 4.79 Å². The first kappa shape index (κ1) is 10.0. The maximum atomic E-state index is 12.2. The fraction of sp³-hybridized carbons (Fsp3) is 0.400. The van der Waals surface area contributed by atoms with Crippen LogP contribution in [0.15, 0.2) is 17.4 Å². The minimum Gasteiger partial charge on any atom is -0.340 e. The molecule has 0 amide bonds. The summed E-state index contributed by atoms with van der Waals surface area (Å²) in [6.07, 6.45) is 2.99. The maximum absolute atomic E-state index is 12.2. The van der Waals surface area contributed by atoms with E-state index in [1.807, 2.05) is 0 Å². The van der Waals surface area contributed by atoms with Crippen LogP contribution in [0.4, 0.5) is 0 Å². The average Bonchev–Trinajstić information content (AvgIpc) is 2.90. The molecule has 7 heteroatoms. The third-order valence-electron chi connectivity index (χ3n) is 2.63. The van der Waals surface area contributed by atoms with Crippen molar-refractivity contribution in [3.05, 3.63) is 23.1 Å². The second kappa shape index (κ2) is 3.41. The zero-order valence-electron chi connectivity index (χ0n) is 9.58. The Morgan fingerprint density at radius 3 is 3.00 bits per heavy atom. The molecule has 0 radical (unpaired) electrons. The van der Waals surface area contributed by atoms with E-state index < -0.39 is 0 Å². The van der Waals surface area contributed by atoms with E-state index in [1.165, 1.54) is 10.7 Å². The molecular formula is C10H12N6O. The minimum atomic E-state index is -0.154. The fourth-order valence-corrected chi connectivity index (χ4v) is 1.95. The third kappa shape index (κ3) is 1.35. The van der Waals surface area contributed by atoms with Crippen LogP contribution in [0.2, 0.25) is 0 Å². The second-order valence-electron chi connectivity index (χ2n) is 4.41. The van der Waals surface area contributed by atoms with E-state index in [0.717, 1.165) is 5.52 Å². The van der Waals surface area contributed by atoms with Crippen molar-refractivity contribution in [1.82, 2.24) is 29.1 Å². The number of H-pyrrole nitrogens is 1. The summed E-state index contributed by atoms with van der Waals surface area (Å²) in [5.74, 6) is 0.363. The molecule has 0 aliphatic heterocycles. The van der Waals surface area contributed by atoms with E-state index in [-0.39, 0.29) is 5.69 Å². The Labute approximate surface area is 96.1 Å². The number of fused-ring (bicyclic) bond motifs is 3. The summed E-state index contributed by atoms with van der Waals surface area (Å²) in [6.45, 7) is 4.73. The van der Waals surface area contributed by atoms with Gasteiger partial charge in [0, 0.05) is 6.54 Å². The first-order valence-electron chi connectivity index (χ1n) is 5.44. The predicted molar refractivity (Wildman–Crippen MR) is 61.7 cm³/mol. The van der Waals surface area contributed by atoms with Crippen molar-refractivity contribution < 1.29 is 0 Å². The summed E-state index contributed by atoms with van der Waals surface area (Å²) in [5, 5.41) is 7.69. The van der Waals surface area contributed by atoms with Crippen molar-refractivity contribution in [3.8, 4) is 0 Å². The Morgan fingerprint density at radius 1 is 1.41 bits per heavy atom. The van der Waals surface area contributed by atoms with E-state index in [4.69, 9.17) is 0 Å². The fourth-order valence-electron chi connectivity index (χ4n) is 1.95. The highest BCUT2D eigenvalue weighted by Crippen LogP contribution is 2.12. The van der Waals surface area contributed by atoms with Gasteiger partial charge >= 0.3 is 5.69 Å². The quantitative estimate of drug-likeness (QED) is 0.694. The van der Waals surface area contributed by atoms with Gasteiger partial charge in [-0.15, -0.1) is 10.2 Å². The number of hydrogen-bond donors (Lipinski definition) is 1. The van der Waals surface area contributed by atoms with E-state index in [1.54, 1.807) is 10.9 Å². The van der Waals surface area contributed by atoms with E-state index in [2.05, 4.69) is 34.0 Å².